The minimum absolute atomic E-state index is 0.0560. The molecule has 1 aromatic heterocycles. The molecule has 0 aliphatic rings. The number of carbonyl (C=O) groups is 1. The first-order valence-corrected chi connectivity index (χ1v) is 10.8. The number of aromatic nitrogens is 2. The van der Waals surface area contributed by atoms with Crippen LogP contribution in [0.25, 0.3) is 5.69 Å². The highest BCUT2D eigenvalue weighted by Gasteiger charge is 2.17. The number of nitrogens with one attached hydrogen (secondary N) is 1. The Morgan fingerprint density at radius 2 is 1.86 bits per heavy atom. The van der Waals surface area contributed by atoms with Gasteiger partial charge in [0.25, 0.3) is 5.91 Å². The molecule has 0 aliphatic carbocycles. The Hall–Kier alpha value is -2.35. The SMILES string of the molecule is CCS(=O)(=O)c1ccc(Cl)c(C(=O)NCc2cnn(-c3ccc(Cl)cc3)c2)c1. The lowest BCUT2D eigenvalue weighted by Crippen LogP contribution is -2.23. The van der Waals surface area contributed by atoms with Crippen molar-refractivity contribution in [2.45, 2.75) is 18.4 Å². The van der Waals surface area contributed by atoms with Gasteiger partial charge in [0.1, 0.15) is 0 Å². The number of halogens is 2. The van der Waals surface area contributed by atoms with Crippen LogP contribution in [0.15, 0.2) is 59.8 Å². The highest BCUT2D eigenvalue weighted by Crippen LogP contribution is 2.21. The van der Waals surface area contributed by atoms with Crippen LogP contribution in [0.3, 0.4) is 0 Å². The van der Waals surface area contributed by atoms with Crippen molar-refractivity contribution in [3.8, 4) is 5.69 Å². The molecule has 0 unspecified atom stereocenters. The van der Waals surface area contributed by atoms with Gasteiger partial charge in [-0.2, -0.15) is 5.10 Å². The first-order chi connectivity index (χ1) is 13.3. The number of carbonyl (C=O) groups excluding carboxylic acids is 1. The van der Waals surface area contributed by atoms with E-state index in [9.17, 15) is 13.2 Å². The molecule has 0 spiro atoms. The zero-order valence-electron chi connectivity index (χ0n) is 14.9. The standard InChI is InChI=1S/C19H17Cl2N3O3S/c1-2-28(26,27)16-7-8-18(21)17(9-16)19(25)22-10-13-11-23-24(12-13)15-5-3-14(20)4-6-15/h3-9,11-12H,2,10H2,1H3,(H,22,25). The average molecular weight is 438 g/mol. The van der Waals surface area contributed by atoms with E-state index in [1.807, 2.05) is 12.1 Å². The van der Waals surface area contributed by atoms with E-state index in [2.05, 4.69) is 10.4 Å². The zero-order valence-corrected chi connectivity index (χ0v) is 17.2. The average Bonchev–Trinajstić information content (AvgIpc) is 3.16. The molecule has 28 heavy (non-hydrogen) atoms. The number of hydrogen-bond donors (Lipinski definition) is 1. The molecule has 0 bridgehead atoms. The van der Waals surface area contributed by atoms with Crippen LogP contribution >= 0.6 is 23.2 Å². The summed E-state index contributed by atoms with van der Waals surface area (Å²) in [6, 6.07) is 11.3. The summed E-state index contributed by atoms with van der Waals surface area (Å²) < 4.78 is 25.7. The second-order valence-electron chi connectivity index (χ2n) is 6.00. The van der Waals surface area contributed by atoms with Gasteiger partial charge in [-0.1, -0.05) is 30.1 Å². The van der Waals surface area contributed by atoms with Crippen molar-refractivity contribution >= 4 is 38.9 Å². The Kier molecular flexibility index (Phi) is 6.07. The predicted molar refractivity (Wildman–Crippen MR) is 109 cm³/mol. The lowest BCUT2D eigenvalue weighted by atomic mass is 10.2. The maximum atomic E-state index is 12.5. The van der Waals surface area contributed by atoms with Gasteiger partial charge in [0.2, 0.25) is 0 Å². The van der Waals surface area contributed by atoms with Crippen LogP contribution in [0.4, 0.5) is 0 Å². The number of benzene rings is 2. The molecule has 1 heterocycles. The lowest BCUT2D eigenvalue weighted by molar-refractivity contribution is 0.0951. The van der Waals surface area contributed by atoms with Crippen molar-refractivity contribution in [1.29, 1.82) is 0 Å². The maximum Gasteiger partial charge on any atom is 0.253 e. The molecule has 0 atom stereocenters. The van der Waals surface area contributed by atoms with Crippen molar-refractivity contribution in [2.75, 3.05) is 5.75 Å². The molecule has 0 saturated heterocycles. The van der Waals surface area contributed by atoms with Crippen LogP contribution in [0, 0.1) is 0 Å². The van der Waals surface area contributed by atoms with Gasteiger partial charge in [-0.25, -0.2) is 13.1 Å². The summed E-state index contributed by atoms with van der Waals surface area (Å²) in [5.74, 6) is -0.517. The van der Waals surface area contributed by atoms with Crippen molar-refractivity contribution in [1.82, 2.24) is 15.1 Å². The Bertz CT molecular complexity index is 1110. The van der Waals surface area contributed by atoms with E-state index in [4.69, 9.17) is 23.2 Å². The van der Waals surface area contributed by atoms with Gasteiger partial charge in [-0.15, -0.1) is 0 Å². The van der Waals surface area contributed by atoms with Crippen LogP contribution in [0.5, 0.6) is 0 Å². The van der Waals surface area contributed by atoms with Gasteiger partial charge in [0, 0.05) is 23.3 Å². The number of hydrogen-bond acceptors (Lipinski definition) is 4. The summed E-state index contributed by atoms with van der Waals surface area (Å²) in [5, 5.41) is 7.81. The van der Waals surface area contributed by atoms with Crippen molar-refractivity contribution < 1.29 is 13.2 Å². The van der Waals surface area contributed by atoms with Crippen LogP contribution in [-0.4, -0.2) is 29.9 Å². The highest BCUT2D eigenvalue weighted by atomic mass is 35.5. The van der Waals surface area contributed by atoms with Crippen molar-refractivity contribution in [3.05, 3.63) is 76.0 Å². The second-order valence-corrected chi connectivity index (χ2v) is 9.12. The smallest absolute Gasteiger partial charge is 0.253 e. The third kappa shape index (κ3) is 4.55. The number of sulfone groups is 1. The summed E-state index contributed by atoms with van der Waals surface area (Å²) in [6.07, 6.45) is 3.41. The number of nitrogens with zero attached hydrogens (tertiary/aromatic N) is 2. The van der Waals surface area contributed by atoms with Crippen LogP contribution in [0.1, 0.15) is 22.8 Å². The van der Waals surface area contributed by atoms with Gasteiger partial charge in [-0.3, -0.25) is 4.79 Å². The Morgan fingerprint density at radius 1 is 1.14 bits per heavy atom. The Balaban J connectivity index is 1.73. The molecule has 0 fully saturated rings. The van der Waals surface area contributed by atoms with Gasteiger partial charge in [-0.05, 0) is 42.5 Å². The molecule has 3 rings (SSSR count). The topological polar surface area (TPSA) is 81.1 Å². The Morgan fingerprint density at radius 3 is 2.54 bits per heavy atom. The molecule has 0 saturated carbocycles. The third-order valence-corrected chi connectivity index (χ3v) is 6.42. The summed E-state index contributed by atoms with van der Waals surface area (Å²) in [7, 11) is -3.43. The molecule has 6 nitrogen and oxygen atoms in total. The van der Waals surface area contributed by atoms with E-state index < -0.39 is 15.7 Å². The molecular weight excluding hydrogens is 421 g/mol. The van der Waals surface area contributed by atoms with Crippen LogP contribution < -0.4 is 5.32 Å². The summed E-state index contributed by atoms with van der Waals surface area (Å²) in [6.45, 7) is 1.76. The molecule has 1 N–H and O–H groups in total. The van der Waals surface area contributed by atoms with Gasteiger partial charge < -0.3 is 5.32 Å². The quantitative estimate of drug-likeness (QED) is 0.633. The minimum atomic E-state index is -3.43. The van der Waals surface area contributed by atoms with Gasteiger partial charge in [0.15, 0.2) is 9.84 Å². The summed E-state index contributed by atoms with van der Waals surface area (Å²) in [4.78, 5) is 12.6. The normalized spacial score (nSPS) is 11.4. The third-order valence-electron chi connectivity index (χ3n) is 4.10. The summed E-state index contributed by atoms with van der Waals surface area (Å²) >= 11 is 12.0. The molecule has 0 radical (unpaired) electrons. The van der Waals surface area contributed by atoms with Crippen molar-refractivity contribution in [2.24, 2.45) is 0 Å². The van der Waals surface area contributed by atoms with Crippen molar-refractivity contribution in [3.63, 3.8) is 0 Å². The summed E-state index contributed by atoms with van der Waals surface area (Å²) in [5.41, 5.74) is 1.72. The fourth-order valence-electron chi connectivity index (χ4n) is 2.50. The first-order valence-electron chi connectivity index (χ1n) is 8.40. The van der Waals surface area contributed by atoms with E-state index >= 15 is 0 Å². The molecule has 146 valence electrons. The number of rotatable bonds is 6. The van der Waals surface area contributed by atoms with Crippen LogP contribution in [-0.2, 0) is 16.4 Å². The monoisotopic (exact) mass is 437 g/mol. The molecule has 9 heteroatoms. The highest BCUT2D eigenvalue weighted by molar-refractivity contribution is 7.91. The van der Waals surface area contributed by atoms with Gasteiger partial charge in [0.05, 0.1) is 33.1 Å². The molecular formula is C19H17Cl2N3O3S. The van der Waals surface area contributed by atoms with E-state index in [-0.39, 0.29) is 27.8 Å². The number of amides is 1. The molecule has 0 aliphatic heterocycles. The van der Waals surface area contributed by atoms with Gasteiger partial charge >= 0.3 is 0 Å². The zero-order chi connectivity index (χ0) is 20.3. The molecule has 1 amide bonds. The second kappa shape index (κ2) is 8.34. The van der Waals surface area contributed by atoms with E-state index in [0.717, 1.165) is 11.3 Å². The largest absolute Gasteiger partial charge is 0.348 e. The fourth-order valence-corrected chi connectivity index (χ4v) is 3.74. The van der Waals surface area contributed by atoms with E-state index in [1.54, 1.807) is 36.1 Å². The fraction of sp³-hybridized carbons (Fsp3) is 0.158. The predicted octanol–water partition coefficient (Wildman–Crippen LogP) is 3.90. The van der Waals surface area contributed by atoms with E-state index in [1.165, 1.54) is 18.2 Å². The minimum Gasteiger partial charge on any atom is -0.348 e. The van der Waals surface area contributed by atoms with Crippen LogP contribution in [0.2, 0.25) is 10.0 Å². The van der Waals surface area contributed by atoms with E-state index in [0.29, 0.717) is 5.02 Å². The first kappa shape index (κ1) is 20.4. The maximum absolute atomic E-state index is 12.5. The lowest BCUT2D eigenvalue weighted by Gasteiger charge is -2.08. The molecule has 2 aromatic carbocycles. The Labute approximate surface area is 173 Å². The molecule has 3 aromatic rings.